The summed E-state index contributed by atoms with van der Waals surface area (Å²) >= 11 is 3.48. The summed E-state index contributed by atoms with van der Waals surface area (Å²) in [4.78, 5) is 0. The number of benzene rings is 2. The number of hydrogen-bond donors (Lipinski definition) is 0. The van der Waals surface area contributed by atoms with Crippen LogP contribution in [0.3, 0.4) is 0 Å². The van der Waals surface area contributed by atoms with Crippen molar-refractivity contribution in [3.8, 4) is 23.3 Å². The van der Waals surface area contributed by atoms with Gasteiger partial charge in [0.25, 0.3) is 0 Å². The van der Waals surface area contributed by atoms with Crippen molar-refractivity contribution in [3.63, 3.8) is 0 Å². The highest BCUT2D eigenvalue weighted by atomic mass is 79.9. The van der Waals surface area contributed by atoms with Crippen molar-refractivity contribution >= 4 is 27.6 Å². The van der Waals surface area contributed by atoms with E-state index >= 15 is 0 Å². The van der Waals surface area contributed by atoms with Crippen LogP contribution in [0.5, 0.6) is 17.2 Å². The molecule has 5 heteroatoms. The molecule has 0 atom stereocenters. The second-order valence-corrected chi connectivity index (χ2v) is 5.72. The third kappa shape index (κ3) is 4.09. The Kier molecular flexibility index (Phi) is 6.28. The average molecular weight is 388 g/mol. The van der Waals surface area contributed by atoms with Crippen molar-refractivity contribution < 1.29 is 14.2 Å². The molecule has 2 aromatic carbocycles. The minimum atomic E-state index is 0.527. The number of ether oxygens (including phenoxy) is 3. The second-order valence-electron chi connectivity index (χ2n) is 4.87. The first-order valence-corrected chi connectivity index (χ1v) is 8.18. The van der Waals surface area contributed by atoms with Gasteiger partial charge in [-0.2, -0.15) is 5.26 Å². The molecule has 2 aromatic rings. The van der Waals surface area contributed by atoms with E-state index < -0.39 is 0 Å². The standard InChI is InChI=1S/C19H18BrNO3/c1-4-24-18-11-13(10-17(20)19(18)23-3)9-15(12-21)14-5-7-16(22-2)8-6-14/h5-11H,4H2,1-3H3/b15-9+. The van der Waals surface area contributed by atoms with Crippen LogP contribution in [0, 0.1) is 11.3 Å². The minimum absolute atomic E-state index is 0.527. The van der Waals surface area contributed by atoms with Gasteiger partial charge in [0, 0.05) is 0 Å². The van der Waals surface area contributed by atoms with Crippen LogP contribution in [-0.4, -0.2) is 20.8 Å². The summed E-state index contributed by atoms with van der Waals surface area (Å²) in [6.07, 6.45) is 1.81. The smallest absolute Gasteiger partial charge is 0.174 e. The fourth-order valence-corrected chi connectivity index (χ4v) is 2.87. The van der Waals surface area contributed by atoms with Crippen LogP contribution in [0.1, 0.15) is 18.1 Å². The molecule has 0 aromatic heterocycles. The summed E-state index contributed by atoms with van der Waals surface area (Å²) < 4.78 is 16.9. The number of nitrogens with zero attached hydrogens (tertiary/aromatic N) is 1. The molecule has 0 heterocycles. The maximum absolute atomic E-state index is 9.49. The van der Waals surface area contributed by atoms with E-state index in [0.717, 1.165) is 21.3 Å². The molecular weight excluding hydrogens is 370 g/mol. The third-order valence-electron chi connectivity index (χ3n) is 3.37. The van der Waals surface area contributed by atoms with Crippen LogP contribution in [0.4, 0.5) is 0 Å². The van der Waals surface area contributed by atoms with E-state index in [1.165, 1.54) is 0 Å². The van der Waals surface area contributed by atoms with Gasteiger partial charge in [0.05, 0.1) is 36.9 Å². The zero-order valence-corrected chi connectivity index (χ0v) is 15.4. The highest BCUT2D eigenvalue weighted by Gasteiger charge is 2.11. The fraction of sp³-hybridized carbons (Fsp3) is 0.211. The van der Waals surface area contributed by atoms with Gasteiger partial charge in [-0.3, -0.25) is 0 Å². The quantitative estimate of drug-likeness (QED) is 0.520. The lowest BCUT2D eigenvalue weighted by Crippen LogP contribution is -1.96. The van der Waals surface area contributed by atoms with Crippen molar-refractivity contribution in [1.82, 2.24) is 0 Å². The van der Waals surface area contributed by atoms with E-state index in [0.29, 0.717) is 23.7 Å². The molecule has 0 radical (unpaired) electrons. The number of rotatable bonds is 6. The molecule has 0 unspecified atom stereocenters. The molecule has 0 bridgehead atoms. The highest BCUT2D eigenvalue weighted by molar-refractivity contribution is 9.10. The third-order valence-corrected chi connectivity index (χ3v) is 3.96. The van der Waals surface area contributed by atoms with Gasteiger partial charge >= 0.3 is 0 Å². The van der Waals surface area contributed by atoms with Gasteiger partial charge in [0.15, 0.2) is 11.5 Å². The van der Waals surface area contributed by atoms with Crippen LogP contribution in [0.25, 0.3) is 11.6 Å². The molecule has 0 aliphatic heterocycles. The monoisotopic (exact) mass is 387 g/mol. The summed E-state index contributed by atoms with van der Waals surface area (Å²) in [6.45, 7) is 2.44. The SMILES string of the molecule is CCOc1cc(/C=C(\C#N)c2ccc(OC)cc2)cc(Br)c1OC. The maximum atomic E-state index is 9.49. The Bertz CT molecular complexity index is 776. The Hall–Kier alpha value is -2.45. The van der Waals surface area contributed by atoms with Gasteiger partial charge in [-0.15, -0.1) is 0 Å². The van der Waals surface area contributed by atoms with E-state index in [4.69, 9.17) is 14.2 Å². The average Bonchev–Trinajstić information content (AvgIpc) is 2.60. The maximum Gasteiger partial charge on any atom is 0.174 e. The van der Waals surface area contributed by atoms with Crippen LogP contribution >= 0.6 is 15.9 Å². The van der Waals surface area contributed by atoms with E-state index in [1.807, 2.05) is 49.4 Å². The topological polar surface area (TPSA) is 51.5 Å². The molecule has 0 fully saturated rings. The largest absolute Gasteiger partial charge is 0.497 e. The summed E-state index contributed by atoms with van der Waals surface area (Å²) in [5.41, 5.74) is 2.22. The molecule has 0 aliphatic carbocycles. The van der Waals surface area contributed by atoms with E-state index in [2.05, 4.69) is 22.0 Å². The lowest BCUT2D eigenvalue weighted by molar-refractivity contribution is 0.310. The molecule has 0 N–H and O–H groups in total. The number of nitriles is 1. The van der Waals surface area contributed by atoms with Crippen LogP contribution in [0.15, 0.2) is 40.9 Å². The normalized spacial score (nSPS) is 10.9. The van der Waals surface area contributed by atoms with Gasteiger partial charge in [0.2, 0.25) is 0 Å². The van der Waals surface area contributed by atoms with Crippen LogP contribution in [-0.2, 0) is 0 Å². The number of hydrogen-bond acceptors (Lipinski definition) is 4. The Balaban J connectivity index is 2.45. The van der Waals surface area contributed by atoms with Gasteiger partial charge in [0.1, 0.15) is 5.75 Å². The predicted octanol–water partition coefficient (Wildman–Crippen LogP) is 4.93. The van der Waals surface area contributed by atoms with Crippen LogP contribution < -0.4 is 14.2 Å². The molecule has 124 valence electrons. The van der Waals surface area contributed by atoms with Crippen molar-refractivity contribution in [2.24, 2.45) is 0 Å². The number of methoxy groups -OCH3 is 2. The van der Waals surface area contributed by atoms with E-state index in [9.17, 15) is 5.26 Å². The zero-order valence-electron chi connectivity index (χ0n) is 13.8. The van der Waals surface area contributed by atoms with Crippen molar-refractivity contribution in [2.75, 3.05) is 20.8 Å². The molecular formula is C19H18BrNO3. The summed E-state index contributed by atoms with van der Waals surface area (Å²) in [6, 6.07) is 13.4. The number of allylic oxidation sites excluding steroid dienone is 1. The van der Waals surface area contributed by atoms with E-state index in [-0.39, 0.29) is 0 Å². The minimum Gasteiger partial charge on any atom is -0.497 e. The Morgan fingerprint density at radius 2 is 1.88 bits per heavy atom. The molecule has 24 heavy (non-hydrogen) atoms. The summed E-state index contributed by atoms with van der Waals surface area (Å²) in [5, 5.41) is 9.49. The highest BCUT2D eigenvalue weighted by Crippen LogP contribution is 2.37. The fourth-order valence-electron chi connectivity index (χ4n) is 2.25. The molecule has 4 nitrogen and oxygen atoms in total. The molecule has 0 aliphatic rings. The Morgan fingerprint density at radius 1 is 1.17 bits per heavy atom. The molecule has 0 spiro atoms. The summed E-state index contributed by atoms with van der Waals surface area (Å²) in [5.74, 6) is 2.02. The first-order chi connectivity index (χ1) is 11.6. The zero-order chi connectivity index (χ0) is 17.5. The van der Waals surface area contributed by atoms with Gasteiger partial charge in [-0.1, -0.05) is 0 Å². The van der Waals surface area contributed by atoms with Crippen molar-refractivity contribution in [3.05, 3.63) is 52.0 Å². The van der Waals surface area contributed by atoms with Crippen molar-refractivity contribution in [2.45, 2.75) is 6.92 Å². The lowest BCUT2D eigenvalue weighted by Gasteiger charge is -2.12. The first-order valence-electron chi connectivity index (χ1n) is 7.39. The Morgan fingerprint density at radius 3 is 2.42 bits per heavy atom. The Labute approximate surface area is 150 Å². The first kappa shape index (κ1) is 17.9. The van der Waals surface area contributed by atoms with Crippen LogP contribution in [0.2, 0.25) is 0 Å². The molecule has 2 rings (SSSR count). The second kappa shape index (κ2) is 8.42. The molecule has 0 saturated carbocycles. The summed E-state index contributed by atoms with van der Waals surface area (Å²) in [7, 11) is 3.20. The van der Waals surface area contributed by atoms with Gasteiger partial charge < -0.3 is 14.2 Å². The number of halogens is 1. The lowest BCUT2D eigenvalue weighted by atomic mass is 10.0. The molecule has 0 saturated heterocycles. The molecule has 0 amide bonds. The van der Waals surface area contributed by atoms with Gasteiger partial charge in [-0.25, -0.2) is 0 Å². The van der Waals surface area contributed by atoms with Crippen molar-refractivity contribution in [1.29, 1.82) is 5.26 Å². The van der Waals surface area contributed by atoms with E-state index in [1.54, 1.807) is 14.2 Å². The van der Waals surface area contributed by atoms with Gasteiger partial charge in [-0.05, 0) is 76.5 Å². The predicted molar refractivity (Wildman–Crippen MR) is 98.3 cm³/mol.